The molecule has 2 unspecified atom stereocenters. The number of aromatic nitrogens is 2. The zero-order valence-corrected chi connectivity index (χ0v) is 12.5. The van der Waals surface area contributed by atoms with Crippen LogP contribution >= 0.6 is 0 Å². The zero-order chi connectivity index (χ0) is 13.7. The second-order valence-electron chi connectivity index (χ2n) is 5.57. The Labute approximate surface area is 116 Å². The van der Waals surface area contributed by atoms with Crippen molar-refractivity contribution in [3.05, 3.63) is 17.5 Å². The Hall–Kier alpha value is -0.870. The Morgan fingerprint density at radius 2 is 2.37 bits per heavy atom. The summed E-state index contributed by atoms with van der Waals surface area (Å²) in [6.45, 7) is 6.23. The van der Waals surface area contributed by atoms with E-state index in [2.05, 4.69) is 30.3 Å². The van der Waals surface area contributed by atoms with E-state index in [0.29, 0.717) is 12.1 Å². The van der Waals surface area contributed by atoms with Crippen molar-refractivity contribution < 1.29 is 4.74 Å². The Bertz CT molecular complexity index is 383. The van der Waals surface area contributed by atoms with E-state index >= 15 is 0 Å². The van der Waals surface area contributed by atoms with Crippen LogP contribution in [0.4, 0.5) is 0 Å². The molecule has 2 rings (SSSR count). The third kappa shape index (κ3) is 4.05. The monoisotopic (exact) mass is 265 g/mol. The predicted octanol–water partition coefficient (Wildman–Crippen LogP) is 2.21. The van der Waals surface area contributed by atoms with Crippen molar-refractivity contribution in [2.75, 3.05) is 13.2 Å². The van der Waals surface area contributed by atoms with E-state index in [4.69, 9.17) is 4.74 Å². The number of aryl methyl sites for hydroxylation is 2. The maximum Gasteiger partial charge on any atom is 0.0731 e. The van der Waals surface area contributed by atoms with Gasteiger partial charge in [-0.2, -0.15) is 5.10 Å². The maximum atomic E-state index is 5.96. The van der Waals surface area contributed by atoms with Crippen molar-refractivity contribution in [1.82, 2.24) is 15.1 Å². The van der Waals surface area contributed by atoms with Crippen molar-refractivity contribution in [1.29, 1.82) is 0 Å². The van der Waals surface area contributed by atoms with Gasteiger partial charge >= 0.3 is 0 Å². The maximum absolute atomic E-state index is 5.96. The molecule has 1 aromatic heterocycles. The molecule has 1 aliphatic heterocycles. The SMILES string of the molecule is CCCNC(Cc1cc(C)nn1C)C1CCCCO1. The highest BCUT2D eigenvalue weighted by atomic mass is 16.5. The number of hydrogen-bond donors (Lipinski definition) is 1. The summed E-state index contributed by atoms with van der Waals surface area (Å²) >= 11 is 0. The molecule has 1 aromatic rings. The van der Waals surface area contributed by atoms with Crippen LogP contribution in [0.3, 0.4) is 0 Å². The van der Waals surface area contributed by atoms with Crippen LogP contribution in [0.2, 0.25) is 0 Å². The molecule has 0 aromatic carbocycles. The molecule has 0 amide bonds. The summed E-state index contributed by atoms with van der Waals surface area (Å²) in [6.07, 6.45) is 6.20. The van der Waals surface area contributed by atoms with E-state index in [1.54, 1.807) is 0 Å². The molecule has 4 nitrogen and oxygen atoms in total. The van der Waals surface area contributed by atoms with Crippen LogP contribution in [0.5, 0.6) is 0 Å². The molecule has 0 aliphatic carbocycles. The molecule has 19 heavy (non-hydrogen) atoms. The van der Waals surface area contributed by atoms with Crippen LogP contribution in [0.15, 0.2) is 6.07 Å². The summed E-state index contributed by atoms with van der Waals surface area (Å²) in [7, 11) is 2.03. The molecule has 1 aliphatic rings. The van der Waals surface area contributed by atoms with Crippen molar-refractivity contribution in [3.63, 3.8) is 0 Å². The molecule has 1 saturated heterocycles. The lowest BCUT2D eigenvalue weighted by Crippen LogP contribution is -2.45. The van der Waals surface area contributed by atoms with Gasteiger partial charge in [0.05, 0.1) is 11.8 Å². The highest BCUT2D eigenvalue weighted by Gasteiger charge is 2.25. The van der Waals surface area contributed by atoms with Crippen molar-refractivity contribution in [2.45, 2.75) is 58.1 Å². The third-order valence-electron chi connectivity index (χ3n) is 3.85. The Kier molecular flexibility index (Phi) is 5.40. The average molecular weight is 265 g/mol. The van der Waals surface area contributed by atoms with E-state index < -0.39 is 0 Å². The zero-order valence-electron chi connectivity index (χ0n) is 12.5. The van der Waals surface area contributed by atoms with Crippen molar-refractivity contribution in [3.8, 4) is 0 Å². The highest BCUT2D eigenvalue weighted by molar-refractivity contribution is 5.10. The lowest BCUT2D eigenvalue weighted by atomic mass is 9.98. The fourth-order valence-corrected chi connectivity index (χ4v) is 2.83. The summed E-state index contributed by atoms with van der Waals surface area (Å²) < 4.78 is 7.96. The van der Waals surface area contributed by atoms with Gasteiger partial charge in [0.1, 0.15) is 0 Å². The topological polar surface area (TPSA) is 39.1 Å². The largest absolute Gasteiger partial charge is 0.377 e. The smallest absolute Gasteiger partial charge is 0.0731 e. The predicted molar refractivity (Wildman–Crippen MR) is 77.3 cm³/mol. The van der Waals surface area contributed by atoms with Crippen molar-refractivity contribution >= 4 is 0 Å². The first-order valence-corrected chi connectivity index (χ1v) is 7.55. The minimum absolute atomic E-state index is 0.357. The lowest BCUT2D eigenvalue weighted by molar-refractivity contribution is -0.00771. The van der Waals surface area contributed by atoms with E-state index in [1.165, 1.54) is 25.0 Å². The highest BCUT2D eigenvalue weighted by Crippen LogP contribution is 2.19. The lowest BCUT2D eigenvalue weighted by Gasteiger charge is -2.31. The molecule has 1 fully saturated rings. The second-order valence-corrected chi connectivity index (χ2v) is 5.57. The first kappa shape index (κ1) is 14.5. The van der Waals surface area contributed by atoms with Gasteiger partial charge in [0.15, 0.2) is 0 Å². The van der Waals surface area contributed by atoms with E-state index in [0.717, 1.165) is 31.7 Å². The van der Waals surface area contributed by atoms with E-state index in [-0.39, 0.29) is 0 Å². The summed E-state index contributed by atoms with van der Waals surface area (Å²) in [4.78, 5) is 0. The number of nitrogens with one attached hydrogen (secondary N) is 1. The Morgan fingerprint density at radius 1 is 1.53 bits per heavy atom. The van der Waals surface area contributed by atoms with E-state index in [9.17, 15) is 0 Å². The molecule has 0 radical (unpaired) electrons. The van der Waals surface area contributed by atoms with Gasteiger partial charge in [-0.15, -0.1) is 0 Å². The van der Waals surface area contributed by atoms with Gasteiger partial charge in [-0.3, -0.25) is 4.68 Å². The van der Waals surface area contributed by atoms with Gasteiger partial charge in [-0.1, -0.05) is 6.92 Å². The normalized spacial score (nSPS) is 21.5. The minimum Gasteiger partial charge on any atom is -0.377 e. The molecular formula is C15H27N3O. The van der Waals surface area contributed by atoms with Gasteiger partial charge in [-0.25, -0.2) is 0 Å². The van der Waals surface area contributed by atoms with Gasteiger partial charge < -0.3 is 10.1 Å². The molecule has 0 spiro atoms. The number of ether oxygens (including phenoxy) is 1. The fourth-order valence-electron chi connectivity index (χ4n) is 2.83. The Balaban J connectivity index is 2.01. The number of hydrogen-bond acceptors (Lipinski definition) is 3. The molecule has 2 heterocycles. The summed E-state index contributed by atoms with van der Waals surface area (Å²) in [5.74, 6) is 0. The molecule has 0 bridgehead atoms. The van der Waals surface area contributed by atoms with Crippen LogP contribution in [-0.2, 0) is 18.2 Å². The second kappa shape index (κ2) is 7.06. The van der Waals surface area contributed by atoms with Crippen LogP contribution in [-0.4, -0.2) is 35.1 Å². The standard InChI is InChI=1S/C15H27N3O/c1-4-8-16-14(15-7-5-6-9-19-15)11-13-10-12(2)17-18(13)3/h10,14-16H,4-9,11H2,1-3H3. The van der Waals surface area contributed by atoms with Gasteiger partial charge in [-0.05, 0) is 45.2 Å². The summed E-state index contributed by atoms with van der Waals surface area (Å²) in [5, 5.41) is 8.10. The summed E-state index contributed by atoms with van der Waals surface area (Å²) in [6, 6.07) is 2.60. The summed E-state index contributed by atoms with van der Waals surface area (Å²) in [5.41, 5.74) is 2.39. The van der Waals surface area contributed by atoms with Crippen LogP contribution in [0.1, 0.15) is 44.0 Å². The molecular weight excluding hydrogens is 238 g/mol. The number of nitrogens with zero attached hydrogens (tertiary/aromatic N) is 2. The fraction of sp³-hybridized carbons (Fsp3) is 0.800. The molecule has 0 saturated carbocycles. The van der Waals surface area contributed by atoms with Gasteiger partial charge in [0.2, 0.25) is 0 Å². The number of rotatable bonds is 6. The Morgan fingerprint density at radius 3 is 2.95 bits per heavy atom. The van der Waals surface area contributed by atoms with Crippen LogP contribution in [0, 0.1) is 6.92 Å². The van der Waals surface area contributed by atoms with Gasteiger partial charge in [0, 0.05) is 31.8 Å². The first-order valence-electron chi connectivity index (χ1n) is 7.55. The van der Waals surface area contributed by atoms with Gasteiger partial charge in [0.25, 0.3) is 0 Å². The minimum atomic E-state index is 0.357. The first-order chi connectivity index (χ1) is 9.20. The van der Waals surface area contributed by atoms with E-state index in [1.807, 2.05) is 11.7 Å². The van der Waals surface area contributed by atoms with Crippen molar-refractivity contribution in [2.24, 2.45) is 7.05 Å². The molecule has 1 N–H and O–H groups in total. The van der Waals surface area contributed by atoms with Crippen LogP contribution in [0.25, 0.3) is 0 Å². The molecule has 4 heteroatoms. The third-order valence-corrected chi connectivity index (χ3v) is 3.85. The quantitative estimate of drug-likeness (QED) is 0.857. The molecule has 108 valence electrons. The average Bonchev–Trinajstić information content (AvgIpc) is 2.73. The molecule has 2 atom stereocenters. The van der Waals surface area contributed by atoms with Crippen LogP contribution < -0.4 is 5.32 Å².